The molecule has 6 heteroatoms. The Labute approximate surface area is 108 Å². The van der Waals surface area contributed by atoms with Crippen molar-refractivity contribution in [2.24, 2.45) is 14.1 Å². The Hall–Kier alpha value is -2.08. The molecular weight excluding hydrogens is 246 g/mol. The standard InChI is InChI=1S/C12H13N5S/c1-16-7-8(6-14-16)11-10(9-4-3-5-18-9)12(13)17(2)15-11/h3-7H,13H2,1-2H3. The highest BCUT2D eigenvalue weighted by Crippen LogP contribution is 2.37. The summed E-state index contributed by atoms with van der Waals surface area (Å²) < 4.78 is 3.47. The first-order valence-corrected chi connectivity index (χ1v) is 6.40. The van der Waals surface area contributed by atoms with Crippen LogP contribution < -0.4 is 5.73 Å². The summed E-state index contributed by atoms with van der Waals surface area (Å²) in [5.74, 6) is 0.677. The molecule has 0 aliphatic rings. The molecule has 0 spiro atoms. The minimum atomic E-state index is 0.677. The molecule has 0 saturated carbocycles. The minimum Gasteiger partial charge on any atom is -0.383 e. The predicted octanol–water partition coefficient (Wildman–Crippen LogP) is 2.13. The van der Waals surface area contributed by atoms with E-state index in [0.29, 0.717) is 5.82 Å². The molecule has 0 aromatic carbocycles. The van der Waals surface area contributed by atoms with Gasteiger partial charge in [0, 0.05) is 30.7 Å². The zero-order chi connectivity index (χ0) is 12.7. The average Bonchev–Trinajstić information content (AvgIpc) is 3.02. The molecule has 5 nitrogen and oxygen atoms in total. The SMILES string of the molecule is Cn1cc(-c2nn(C)c(N)c2-c2cccs2)cn1. The molecule has 2 N–H and O–H groups in total. The van der Waals surface area contributed by atoms with Gasteiger partial charge in [0.1, 0.15) is 11.5 Å². The molecule has 0 unspecified atom stereocenters. The number of aryl methyl sites for hydroxylation is 2. The van der Waals surface area contributed by atoms with Crippen LogP contribution in [0.25, 0.3) is 21.7 Å². The van der Waals surface area contributed by atoms with Crippen LogP contribution in [-0.4, -0.2) is 19.6 Å². The second kappa shape index (κ2) is 3.99. The molecule has 0 atom stereocenters. The summed E-state index contributed by atoms with van der Waals surface area (Å²) >= 11 is 1.66. The normalized spacial score (nSPS) is 11.0. The van der Waals surface area contributed by atoms with E-state index in [-0.39, 0.29) is 0 Å². The number of aromatic nitrogens is 4. The maximum atomic E-state index is 6.12. The fourth-order valence-electron chi connectivity index (χ4n) is 1.95. The molecule has 92 valence electrons. The van der Waals surface area contributed by atoms with Gasteiger partial charge in [-0.1, -0.05) is 6.07 Å². The van der Waals surface area contributed by atoms with E-state index in [1.807, 2.05) is 31.7 Å². The Bertz CT molecular complexity index is 677. The summed E-state index contributed by atoms with van der Waals surface area (Å²) in [6.07, 6.45) is 3.75. The molecule has 0 radical (unpaired) electrons. The van der Waals surface area contributed by atoms with Crippen molar-refractivity contribution in [3.8, 4) is 21.7 Å². The lowest BCUT2D eigenvalue weighted by Gasteiger charge is -1.98. The van der Waals surface area contributed by atoms with Crippen molar-refractivity contribution in [3.63, 3.8) is 0 Å². The molecule has 0 amide bonds. The highest BCUT2D eigenvalue weighted by Gasteiger charge is 2.18. The topological polar surface area (TPSA) is 61.7 Å². The number of nitrogens with two attached hydrogens (primary N) is 1. The van der Waals surface area contributed by atoms with Gasteiger partial charge in [-0.15, -0.1) is 11.3 Å². The highest BCUT2D eigenvalue weighted by molar-refractivity contribution is 7.13. The number of hydrogen-bond donors (Lipinski definition) is 1. The van der Waals surface area contributed by atoms with Crippen LogP contribution in [0.4, 0.5) is 5.82 Å². The first kappa shape index (κ1) is 11.0. The lowest BCUT2D eigenvalue weighted by Crippen LogP contribution is -1.97. The van der Waals surface area contributed by atoms with Crippen LogP contribution in [0, 0.1) is 0 Å². The zero-order valence-electron chi connectivity index (χ0n) is 10.2. The molecule has 3 rings (SSSR count). The van der Waals surface area contributed by atoms with Gasteiger partial charge in [-0.25, -0.2) is 0 Å². The first-order chi connectivity index (χ1) is 8.66. The maximum Gasteiger partial charge on any atom is 0.130 e. The van der Waals surface area contributed by atoms with E-state index in [1.165, 1.54) is 0 Å². The number of anilines is 1. The monoisotopic (exact) mass is 259 g/mol. The van der Waals surface area contributed by atoms with Crippen LogP contribution in [0.1, 0.15) is 0 Å². The van der Waals surface area contributed by atoms with Crippen molar-refractivity contribution in [1.29, 1.82) is 0 Å². The van der Waals surface area contributed by atoms with Crippen molar-refractivity contribution in [2.75, 3.05) is 5.73 Å². The van der Waals surface area contributed by atoms with E-state index < -0.39 is 0 Å². The van der Waals surface area contributed by atoms with Gasteiger partial charge in [-0.3, -0.25) is 9.36 Å². The van der Waals surface area contributed by atoms with Gasteiger partial charge in [0.05, 0.1) is 11.8 Å². The largest absolute Gasteiger partial charge is 0.383 e. The Morgan fingerprint density at radius 3 is 2.78 bits per heavy atom. The number of nitrogen functional groups attached to an aromatic ring is 1. The molecule has 3 aromatic rings. The third-order valence-electron chi connectivity index (χ3n) is 2.84. The summed E-state index contributed by atoms with van der Waals surface area (Å²) in [5, 5.41) is 10.7. The summed E-state index contributed by atoms with van der Waals surface area (Å²) in [6.45, 7) is 0. The Kier molecular flexibility index (Phi) is 2.45. The lowest BCUT2D eigenvalue weighted by molar-refractivity contribution is 0.767. The lowest BCUT2D eigenvalue weighted by atomic mass is 10.1. The molecular formula is C12H13N5S. The maximum absolute atomic E-state index is 6.12. The third kappa shape index (κ3) is 1.62. The number of thiophene rings is 1. The third-order valence-corrected chi connectivity index (χ3v) is 3.72. The molecule has 0 saturated heterocycles. The van der Waals surface area contributed by atoms with E-state index in [2.05, 4.69) is 16.3 Å². The molecule has 3 aromatic heterocycles. The Balaban J connectivity index is 2.24. The Morgan fingerprint density at radius 2 is 2.17 bits per heavy atom. The Morgan fingerprint density at radius 1 is 1.33 bits per heavy atom. The van der Waals surface area contributed by atoms with Gasteiger partial charge >= 0.3 is 0 Å². The number of rotatable bonds is 2. The van der Waals surface area contributed by atoms with Crippen LogP contribution in [0.5, 0.6) is 0 Å². The molecule has 3 heterocycles. The highest BCUT2D eigenvalue weighted by atomic mass is 32.1. The van der Waals surface area contributed by atoms with Gasteiger partial charge in [-0.2, -0.15) is 10.2 Å². The van der Waals surface area contributed by atoms with Gasteiger partial charge in [0.25, 0.3) is 0 Å². The van der Waals surface area contributed by atoms with Crippen molar-refractivity contribution in [2.45, 2.75) is 0 Å². The molecule has 18 heavy (non-hydrogen) atoms. The summed E-state index contributed by atoms with van der Waals surface area (Å²) in [6, 6.07) is 4.07. The summed E-state index contributed by atoms with van der Waals surface area (Å²) in [5.41, 5.74) is 8.97. The van der Waals surface area contributed by atoms with Crippen molar-refractivity contribution >= 4 is 17.2 Å². The van der Waals surface area contributed by atoms with E-state index in [1.54, 1.807) is 26.9 Å². The van der Waals surface area contributed by atoms with Crippen LogP contribution in [-0.2, 0) is 14.1 Å². The molecule has 0 bridgehead atoms. The van der Waals surface area contributed by atoms with Crippen LogP contribution in [0.2, 0.25) is 0 Å². The minimum absolute atomic E-state index is 0.677. The second-order valence-electron chi connectivity index (χ2n) is 4.11. The van der Waals surface area contributed by atoms with E-state index in [0.717, 1.165) is 21.7 Å². The summed E-state index contributed by atoms with van der Waals surface area (Å²) in [7, 11) is 3.74. The van der Waals surface area contributed by atoms with Crippen molar-refractivity contribution in [3.05, 3.63) is 29.9 Å². The predicted molar refractivity (Wildman–Crippen MR) is 73.1 cm³/mol. The first-order valence-electron chi connectivity index (χ1n) is 5.52. The quantitative estimate of drug-likeness (QED) is 0.767. The van der Waals surface area contributed by atoms with Gasteiger partial charge in [0.15, 0.2) is 0 Å². The van der Waals surface area contributed by atoms with Crippen LogP contribution in [0.3, 0.4) is 0 Å². The average molecular weight is 259 g/mol. The van der Waals surface area contributed by atoms with Gasteiger partial charge in [-0.05, 0) is 11.4 Å². The smallest absolute Gasteiger partial charge is 0.130 e. The van der Waals surface area contributed by atoms with E-state index in [4.69, 9.17) is 5.73 Å². The van der Waals surface area contributed by atoms with Crippen LogP contribution in [0.15, 0.2) is 29.9 Å². The van der Waals surface area contributed by atoms with Gasteiger partial charge in [0.2, 0.25) is 0 Å². The molecule has 0 fully saturated rings. The fourth-order valence-corrected chi connectivity index (χ4v) is 2.73. The van der Waals surface area contributed by atoms with E-state index in [9.17, 15) is 0 Å². The van der Waals surface area contributed by atoms with Crippen molar-refractivity contribution in [1.82, 2.24) is 19.6 Å². The van der Waals surface area contributed by atoms with E-state index >= 15 is 0 Å². The summed E-state index contributed by atoms with van der Waals surface area (Å²) in [4.78, 5) is 1.12. The number of nitrogens with zero attached hydrogens (tertiary/aromatic N) is 4. The molecule has 0 aliphatic carbocycles. The van der Waals surface area contributed by atoms with Crippen molar-refractivity contribution < 1.29 is 0 Å². The fraction of sp³-hybridized carbons (Fsp3) is 0.167. The molecule has 0 aliphatic heterocycles. The zero-order valence-corrected chi connectivity index (χ0v) is 11.0. The van der Waals surface area contributed by atoms with Gasteiger partial charge < -0.3 is 5.73 Å². The van der Waals surface area contributed by atoms with Crippen LogP contribution >= 0.6 is 11.3 Å². The number of hydrogen-bond acceptors (Lipinski definition) is 4. The second-order valence-corrected chi connectivity index (χ2v) is 5.06.